The van der Waals surface area contributed by atoms with Gasteiger partial charge < -0.3 is 26.2 Å². The topological polar surface area (TPSA) is 149 Å². The van der Waals surface area contributed by atoms with Gasteiger partial charge in [0.1, 0.15) is 0 Å². The molecule has 0 unspecified atom stereocenters. The van der Waals surface area contributed by atoms with Crippen LogP contribution in [-0.2, 0) is 0 Å². The fraction of sp³-hybridized carbons (Fsp3) is 0.382. The number of anilines is 3. The van der Waals surface area contributed by atoms with Crippen LogP contribution in [0.15, 0.2) is 109 Å². The molecule has 4 amide bonds. The zero-order valence-corrected chi connectivity index (χ0v) is 41.4. The molecule has 3 aliphatic rings. The van der Waals surface area contributed by atoms with E-state index in [1.54, 1.807) is 36.7 Å². The fourth-order valence-electron chi connectivity index (χ4n) is 9.87. The molecule has 1 aliphatic heterocycles. The van der Waals surface area contributed by atoms with Gasteiger partial charge in [-0.25, -0.2) is 9.97 Å². The number of carbonyl (C=O) groups is 4. The van der Waals surface area contributed by atoms with E-state index in [0.717, 1.165) is 82.7 Å². The average molecular weight is 1030 g/mol. The van der Waals surface area contributed by atoms with Gasteiger partial charge in [-0.15, -0.1) is 0 Å². The van der Waals surface area contributed by atoms with E-state index in [4.69, 9.17) is 0 Å². The molecular formula is C55H63IN8O4. The van der Waals surface area contributed by atoms with E-state index in [-0.39, 0.29) is 35.0 Å². The predicted molar refractivity (Wildman–Crippen MR) is 282 cm³/mol. The van der Waals surface area contributed by atoms with Gasteiger partial charge in [0.25, 0.3) is 23.6 Å². The Morgan fingerprint density at radius 3 is 1.50 bits per heavy atom. The fourth-order valence-corrected chi connectivity index (χ4v) is 10.5. The largest absolute Gasteiger partial charge is 0.368 e. The van der Waals surface area contributed by atoms with Crippen molar-refractivity contribution in [3.8, 4) is 0 Å². The number of rotatable bonds is 12. The van der Waals surface area contributed by atoms with Crippen molar-refractivity contribution in [2.75, 3.05) is 54.8 Å². The number of hydrogen-bond acceptors (Lipinski definition) is 8. The minimum absolute atomic E-state index is 0.243. The van der Waals surface area contributed by atoms with E-state index in [0.29, 0.717) is 53.5 Å². The summed E-state index contributed by atoms with van der Waals surface area (Å²) in [6.07, 6.45) is 15.3. The first-order chi connectivity index (χ1) is 33.1. The van der Waals surface area contributed by atoms with E-state index in [1.807, 2.05) is 60.7 Å². The second-order valence-corrected chi connectivity index (χ2v) is 19.7. The van der Waals surface area contributed by atoms with Crippen molar-refractivity contribution in [1.82, 2.24) is 25.5 Å². The zero-order valence-electron chi connectivity index (χ0n) is 39.2. The van der Waals surface area contributed by atoms with Gasteiger partial charge >= 0.3 is 0 Å². The van der Waals surface area contributed by atoms with Crippen molar-refractivity contribution in [2.45, 2.75) is 84.1 Å². The Kier molecular flexibility index (Phi) is 16.7. The highest BCUT2D eigenvalue weighted by molar-refractivity contribution is 14.1. The molecule has 0 atom stereocenters. The second kappa shape index (κ2) is 23.4. The molecule has 6 aromatic rings. The molecule has 0 bridgehead atoms. The van der Waals surface area contributed by atoms with Crippen LogP contribution in [0.3, 0.4) is 0 Å². The number of nitrogens with zero attached hydrogens (tertiary/aromatic N) is 4. The van der Waals surface area contributed by atoms with E-state index in [2.05, 4.69) is 89.6 Å². The maximum absolute atomic E-state index is 13.5. The third-order valence-corrected chi connectivity index (χ3v) is 14.7. The normalized spacial score (nSPS) is 15.9. The molecular weight excluding hydrogens is 964 g/mol. The van der Waals surface area contributed by atoms with Crippen molar-refractivity contribution < 1.29 is 19.2 Å². The molecule has 0 spiro atoms. The summed E-state index contributed by atoms with van der Waals surface area (Å²) in [5, 5.41) is 15.8. The summed E-state index contributed by atoms with van der Waals surface area (Å²) in [7, 11) is 0. The van der Waals surface area contributed by atoms with Crippen LogP contribution in [0.2, 0.25) is 0 Å². The van der Waals surface area contributed by atoms with Gasteiger partial charge in [-0.2, -0.15) is 0 Å². The molecule has 4 N–H and O–H groups in total. The maximum Gasteiger partial charge on any atom is 0.272 e. The molecule has 2 aliphatic carbocycles. The molecule has 2 saturated carbocycles. The number of carbonyl (C=O) groups excluding carboxylic acids is 4. The third kappa shape index (κ3) is 12.0. The lowest BCUT2D eigenvalue weighted by Crippen LogP contribution is -2.49. The summed E-state index contributed by atoms with van der Waals surface area (Å²) in [4.78, 5) is 65.8. The Morgan fingerprint density at radius 2 is 1.00 bits per heavy atom. The highest BCUT2D eigenvalue weighted by atomic mass is 127. The smallest absolute Gasteiger partial charge is 0.272 e. The van der Waals surface area contributed by atoms with Crippen LogP contribution in [0.5, 0.6) is 0 Å². The quantitative estimate of drug-likeness (QED) is 0.0886. The Hall–Kier alpha value is -5.93. The summed E-state index contributed by atoms with van der Waals surface area (Å²) in [5.74, 6) is 0.0649. The summed E-state index contributed by atoms with van der Waals surface area (Å²) in [5.41, 5.74) is 3.66. The average Bonchev–Trinajstić information content (AvgIpc) is 3.38. The first-order valence-electron chi connectivity index (χ1n) is 24.4. The highest BCUT2D eigenvalue weighted by Crippen LogP contribution is 2.32. The van der Waals surface area contributed by atoms with Gasteiger partial charge in [-0.1, -0.05) is 87.1 Å². The van der Waals surface area contributed by atoms with Crippen LogP contribution in [0.1, 0.15) is 120 Å². The molecule has 0 radical (unpaired) electrons. The van der Waals surface area contributed by atoms with Gasteiger partial charge in [0, 0.05) is 83.5 Å². The Labute approximate surface area is 413 Å². The first kappa shape index (κ1) is 48.5. The van der Waals surface area contributed by atoms with Crippen molar-refractivity contribution >= 4 is 84.8 Å². The molecule has 68 heavy (non-hydrogen) atoms. The van der Waals surface area contributed by atoms with Crippen molar-refractivity contribution in [3.05, 3.63) is 136 Å². The minimum atomic E-state index is -0.253. The van der Waals surface area contributed by atoms with Gasteiger partial charge in [0.05, 0.1) is 11.4 Å². The number of nitrogens with one attached hydrogen (secondary N) is 4. The van der Waals surface area contributed by atoms with Gasteiger partial charge in [-0.05, 0) is 139 Å². The lowest BCUT2D eigenvalue weighted by Gasteiger charge is -2.38. The number of fused-ring (bicyclic) bond motifs is 2. The lowest BCUT2D eigenvalue weighted by atomic mass is 9.89. The molecule has 3 fully saturated rings. The number of aromatic nitrogens is 2. The van der Waals surface area contributed by atoms with Gasteiger partial charge in [-0.3, -0.25) is 24.1 Å². The van der Waals surface area contributed by atoms with E-state index < -0.39 is 0 Å². The predicted octanol–water partition coefficient (Wildman–Crippen LogP) is 10.7. The summed E-state index contributed by atoms with van der Waals surface area (Å²) >= 11 is 2.27. The molecule has 1 saturated heterocycles. The van der Waals surface area contributed by atoms with Crippen LogP contribution in [0, 0.1) is 15.4 Å². The molecule has 4 aromatic carbocycles. The van der Waals surface area contributed by atoms with Gasteiger partial charge in [0.2, 0.25) is 0 Å². The number of pyridine rings is 2. The molecule has 12 nitrogen and oxygen atoms in total. The minimum Gasteiger partial charge on any atom is -0.368 e. The van der Waals surface area contributed by atoms with Crippen LogP contribution in [-0.4, -0.2) is 83.8 Å². The number of hydrogen-bond donors (Lipinski definition) is 4. The first-order valence-corrected chi connectivity index (χ1v) is 25.5. The Bertz CT molecular complexity index is 2720. The summed E-state index contributed by atoms with van der Waals surface area (Å²) in [6.45, 7) is 9.77. The lowest BCUT2D eigenvalue weighted by molar-refractivity contribution is 0.0930. The maximum atomic E-state index is 13.5. The SMILES string of the molecule is CC(C)N1CCN(c2ccc(C(=O)Nc3cccnc3C(=O)NCC3CCCCC3)c3ccccc23)CC1.O=C(NCC1CCCCC1)c1ncccc1NC(=O)c1ccc(I)c2ccccc12. The third-order valence-electron chi connectivity index (χ3n) is 13.7. The Morgan fingerprint density at radius 1 is 0.544 bits per heavy atom. The van der Waals surface area contributed by atoms with E-state index in [1.165, 1.54) is 38.5 Å². The highest BCUT2D eigenvalue weighted by Gasteiger charge is 2.24. The van der Waals surface area contributed by atoms with Gasteiger partial charge in [0.15, 0.2) is 11.4 Å². The number of piperazine rings is 1. The van der Waals surface area contributed by atoms with Crippen molar-refractivity contribution in [1.29, 1.82) is 0 Å². The standard InChI is InChI=1S/C31H39N5O2.C24H24IN3O2/c1-22(2)35-17-19-36(20-18-35)28-15-14-26(24-11-6-7-12-25(24)28)30(37)34-27-13-8-16-32-29(27)31(38)33-21-23-9-4-3-5-10-23;25-20-13-12-19(17-9-4-5-10-18(17)20)23(29)28-21-11-6-14-26-22(21)24(30)27-15-16-7-2-1-3-8-16/h6-8,11-16,22-23H,3-5,9-10,17-21H2,1-2H3,(H,33,38)(H,34,37);4-6,9-14,16H,1-3,7-8,15H2,(H,27,30)(H,28,29). The van der Waals surface area contributed by atoms with Crippen LogP contribution in [0.4, 0.5) is 17.1 Å². The van der Waals surface area contributed by atoms with E-state index in [9.17, 15) is 19.2 Å². The second-order valence-electron chi connectivity index (χ2n) is 18.6. The molecule has 13 heteroatoms. The summed E-state index contributed by atoms with van der Waals surface area (Å²) in [6, 6.07) is 31.1. The van der Waals surface area contributed by atoms with E-state index >= 15 is 0 Å². The zero-order chi connectivity index (χ0) is 47.4. The monoisotopic (exact) mass is 1030 g/mol. The van der Waals surface area contributed by atoms with Crippen LogP contribution in [0.25, 0.3) is 21.5 Å². The number of amides is 4. The molecule has 354 valence electrons. The number of halogens is 1. The van der Waals surface area contributed by atoms with Crippen molar-refractivity contribution in [3.63, 3.8) is 0 Å². The van der Waals surface area contributed by atoms with Crippen LogP contribution >= 0.6 is 22.6 Å². The summed E-state index contributed by atoms with van der Waals surface area (Å²) < 4.78 is 1.09. The molecule has 2 aromatic heterocycles. The van der Waals surface area contributed by atoms with Crippen LogP contribution < -0.4 is 26.2 Å². The molecule has 3 heterocycles. The Balaban J connectivity index is 0.000000189. The number of benzene rings is 4. The van der Waals surface area contributed by atoms with Crippen molar-refractivity contribution in [2.24, 2.45) is 11.8 Å². The molecule has 9 rings (SSSR count).